The van der Waals surface area contributed by atoms with Gasteiger partial charge in [0.15, 0.2) is 0 Å². The molecule has 0 amide bonds. The number of hydrogen-bond donors (Lipinski definition) is 2. The molecule has 0 saturated heterocycles. The van der Waals surface area contributed by atoms with Crippen LogP contribution < -0.4 is 11.1 Å². The highest BCUT2D eigenvalue weighted by Crippen LogP contribution is 2.35. The number of anilines is 1. The molecule has 1 aliphatic carbocycles. The predicted molar refractivity (Wildman–Crippen MR) is 87.6 cm³/mol. The van der Waals surface area contributed by atoms with Crippen molar-refractivity contribution < 1.29 is 0 Å². The van der Waals surface area contributed by atoms with Gasteiger partial charge in [-0.15, -0.1) is 0 Å². The van der Waals surface area contributed by atoms with Crippen molar-refractivity contribution in [3.63, 3.8) is 0 Å². The molecule has 0 aliphatic heterocycles. The second kappa shape index (κ2) is 5.58. The van der Waals surface area contributed by atoms with Gasteiger partial charge in [0.25, 0.3) is 0 Å². The zero-order valence-electron chi connectivity index (χ0n) is 11.6. The normalized spacial score (nSPS) is 18.8. The predicted octanol–water partition coefficient (Wildman–Crippen LogP) is 4.37. The Morgan fingerprint density at radius 1 is 1.25 bits per heavy atom. The standard InChI is InChI=1S/C17H19BrN2/c1-11(14-4-2-3-5-16(14)18)20-17-9-6-12-10-13(19)7-8-15(12)17/h2-5,7-8,10-11,17,20H,6,9,19H2,1H3. The van der Waals surface area contributed by atoms with Crippen LogP contribution in [0.3, 0.4) is 0 Å². The Kier molecular flexibility index (Phi) is 3.81. The maximum atomic E-state index is 5.86. The quantitative estimate of drug-likeness (QED) is 0.820. The lowest BCUT2D eigenvalue weighted by Gasteiger charge is -2.21. The average molecular weight is 331 g/mol. The van der Waals surface area contributed by atoms with Crippen LogP contribution in [0.25, 0.3) is 0 Å². The van der Waals surface area contributed by atoms with Gasteiger partial charge in [-0.3, -0.25) is 0 Å². The van der Waals surface area contributed by atoms with Crippen LogP contribution in [0.2, 0.25) is 0 Å². The number of benzene rings is 2. The Morgan fingerprint density at radius 2 is 2.05 bits per heavy atom. The van der Waals surface area contributed by atoms with E-state index in [1.165, 1.54) is 16.7 Å². The number of aryl methyl sites for hydroxylation is 1. The highest BCUT2D eigenvalue weighted by Gasteiger charge is 2.24. The van der Waals surface area contributed by atoms with E-state index >= 15 is 0 Å². The zero-order valence-corrected chi connectivity index (χ0v) is 13.2. The number of nitrogens with one attached hydrogen (secondary N) is 1. The zero-order chi connectivity index (χ0) is 14.1. The Labute approximate surface area is 128 Å². The van der Waals surface area contributed by atoms with Gasteiger partial charge < -0.3 is 11.1 Å². The van der Waals surface area contributed by atoms with Crippen LogP contribution in [0.4, 0.5) is 5.69 Å². The third-order valence-electron chi connectivity index (χ3n) is 4.07. The van der Waals surface area contributed by atoms with Crippen molar-refractivity contribution in [3.8, 4) is 0 Å². The maximum Gasteiger partial charge on any atom is 0.0331 e. The lowest BCUT2D eigenvalue weighted by molar-refractivity contribution is 0.464. The van der Waals surface area contributed by atoms with Gasteiger partial charge in [-0.2, -0.15) is 0 Å². The topological polar surface area (TPSA) is 38.0 Å². The first-order valence-electron chi connectivity index (χ1n) is 7.04. The molecule has 0 radical (unpaired) electrons. The minimum Gasteiger partial charge on any atom is -0.399 e. The third kappa shape index (κ3) is 2.60. The summed E-state index contributed by atoms with van der Waals surface area (Å²) >= 11 is 3.63. The number of rotatable bonds is 3. The number of hydrogen-bond acceptors (Lipinski definition) is 2. The van der Waals surface area contributed by atoms with Crippen LogP contribution in [0, 0.1) is 0 Å². The molecule has 2 aromatic carbocycles. The van der Waals surface area contributed by atoms with Crippen LogP contribution in [0.5, 0.6) is 0 Å². The van der Waals surface area contributed by atoms with E-state index in [2.05, 4.69) is 58.5 Å². The fourth-order valence-corrected chi connectivity index (χ4v) is 3.66. The summed E-state index contributed by atoms with van der Waals surface area (Å²) in [6.45, 7) is 2.22. The SMILES string of the molecule is CC(NC1CCc2cc(N)ccc21)c1ccccc1Br. The molecule has 3 rings (SSSR count). The van der Waals surface area contributed by atoms with E-state index in [0.717, 1.165) is 23.0 Å². The largest absolute Gasteiger partial charge is 0.399 e. The number of halogens is 1. The van der Waals surface area contributed by atoms with Crippen molar-refractivity contribution in [2.45, 2.75) is 31.8 Å². The lowest BCUT2D eigenvalue weighted by atomic mass is 10.0. The minimum atomic E-state index is 0.319. The molecule has 104 valence electrons. The van der Waals surface area contributed by atoms with Crippen molar-refractivity contribution in [1.82, 2.24) is 5.32 Å². The summed E-state index contributed by atoms with van der Waals surface area (Å²) in [5.74, 6) is 0. The molecule has 0 saturated carbocycles. The van der Waals surface area contributed by atoms with Gasteiger partial charge in [0.1, 0.15) is 0 Å². The molecule has 1 aliphatic rings. The molecule has 0 spiro atoms. The molecule has 3 heteroatoms. The van der Waals surface area contributed by atoms with Gasteiger partial charge in [0.05, 0.1) is 0 Å². The smallest absolute Gasteiger partial charge is 0.0331 e. The monoisotopic (exact) mass is 330 g/mol. The molecule has 0 fully saturated rings. The van der Waals surface area contributed by atoms with E-state index < -0.39 is 0 Å². The van der Waals surface area contributed by atoms with Crippen LogP contribution in [-0.4, -0.2) is 0 Å². The van der Waals surface area contributed by atoms with Gasteiger partial charge in [0.2, 0.25) is 0 Å². The van der Waals surface area contributed by atoms with Gasteiger partial charge in [-0.25, -0.2) is 0 Å². The van der Waals surface area contributed by atoms with Gasteiger partial charge in [-0.1, -0.05) is 40.2 Å². The fraction of sp³-hybridized carbons (Fsp3) is 0.294. The van der Waals surface area contributed by atoms with Crippen LogP contribution in [0.1, 0.15) is 42.1 Å². The Hall–Kier alpha value is -1.32. The van der Waals surface area contributed by atoms with Crippen LogP contribution in [0.15, 0.2) is 46.9 Å². The van der Waals surface area contributed by atoms with E-state index in [-0.39, 0.29) is 0 Å². The molecule has 2 unspecified atom stereocenters. The maximum absolute atomic E-state index is 5.86. The number of nitrogens with two attached hydrogens (primary N) is 1. The molecule has 20 heavy (non-hydrogen) atoms. The van der Waals surface area contributed by atoms with Gasteiger partial charge >= 0.3 is 0 Å². The Bertz CT molecular complexity index is 624. The van der Waals surface area contributed by atoms with Crippen molar-refractivity contribution in [2.24, 2.45) is 0 Å². The highest BCUT2D eigenvalue weighted by molar-refractivity contribution is 9.10. The minimum absolute atomic E-state index is 0.319. The average Bonchev–Trinajstić information content (AvgIpc) is 2.81. The molecular weight excluding hydrogens is 312 g/mol. The van der Waals surface area contributed by atoms with E-state index in [1.54, 1.807) is 0 Å². The van der Waals surface area contributed by atoms with Crippen molar-refractivity contribution in [3.05, 3.63) is 63.6 Å². The fourth-order valence-electron chi connectivity index (χ4n) is 3.03. The number of fused-ring (bicyclic) bond motifs is 1. The van der Waals surface area contributed by atoms with Crippen molar-refractivity contribution in [2.75, 3.05) is 5.73 Å². The summed E-state index contributed by atoms with van der Waals surface area (Å²) in [5.41, 5.74) is 10.8. The van der Waals surface area contributed by atoms with E-state index in [9.17, 15) is 0 Å². The molecule has 0 bridgehead atoms. The van der Waals surface area contributed by atoms with E-state index in [0.29, 0.717) is 12.1 Å². The molecule has 0 heterocycles. The van der Waals surface area contributed by atoms with Gasteiger partial charge in [0, 0.05) is 22.2 Å². The molecule has 2 atom stereocenters. The molecule has 2 nitrogen and oxygen atoms in total. The van der Waals surface area contributed by atoms with E-state index in [4.69, 9.17) is 5.73 Å². The molecule has 0 aromatic heterocycles. The molecular formula is C17H19BrN2. The van der Waals surface area contributed by atoms with Crippen molar-refractivity contribution >= 4 is 21.6 Å². The highest BCUT2D eigenvalue weighted by atomic mass is 79.9. The number of nitrogen functional groups attached to an aromatic ring is 1. The second-order valence-electron chi connectivity index (χ2n) is 5.46. The summed E-state index contributed by atoms with van der Waals surface area (Å²) in [4.78, 5) is 0. The first kappa shape index (κ1) is 13.7. The Morgan fingerprint density at radius 3 is 2.85 bits per heavy atom. The summed E-state index contributed by atoms with van der Waals surface area (Å²) in [6.07, 6.45) is 2.26. The first-order chi connectivity index (χ1) is 9.65. The van der Waals surface area contributed by atoms with Crippen LogP contribution >= 0.6 is 15.9 Å². The summed E-state index contributed by atoms with van der Waals surface area (Å²) < 4.78 is 1.16. The van der Waals surface area contributed by atoms with Crippen LogP contribution in [-0.2, 0) is 6.42 Å². The summed E-state index contributed by atoms with van der Waals surface area (Å²) in [6, 6.07) is 15.4. The molecule has 3 N–H and O–H groups in total. The summed E-state index contributed by atoms with van der Waals surface area (Å²) in [5, 5.41) is 3.74. The Balaban J connectivity index is 1.79. The third-order valence-corrected chi connectivity index (χ3v) is 4.79. The van der Waals surface area contributed by atoms with E-state index in [1.807, 2.05) is 12.1 Å². The second-order valence-corrected chi connectivity index (χ2v) is 6.31. The van der Waals surface area contributed by atoms with Crippen molar-refractivity contribution in [1.29, 1.82) is 0 Å². The lowest BCUT2D eigenvalue weighted by Crippen LogP contribution is -2.23. The van der Waals surface area contributed by atoms with Gasteiger partial charge in [-0.05, 0) is 54.7 Å². The first-order valence-corrected chi connectivity index (χ1v) is 7.83. The summed E-state index contributed by atoms with van der Waals surface area (Å²) in [7, 11) is 0. The molecule has 2 aromatic rings.